The van der Waals surface area contributed by atoms with Crippen LogP contribution in [0.4, 0.5) is 24.9 Å². The lowest BCUT2D eigenvalue weighted by molar-refractivity contribution is -0.137. The summed E-state index contributed by atoms with van der Waals surface area (Å²) in [5.74, 6) is 0.426. The maximum Gasteiger partial charge on any atom is 0.416 e. The molecule has 0 saturated carbocycles. The SMILES string of the molecule is Nc1nc(Cl)cc(NCc2ccc(C(F)(F)F)cc2)n1. The van der Waals surface area contributed by atoms with Crippen LogP contribution in [0.3, 0.4) is 0 Å². The van der Waals surface area contributed by atoms with Gasteiger partial charge in [0.2, 0.25) is 5.95 Å². The van der Waals surface area contributed by atoms with E-state index >= 15 is 0 Å². The summed E-state index contributed by atoms with van der Waals surface area (Å²) in [4.78, 5) is 7.59. The zero-order chi connectivity index (χ0) is 14.8. The Morgan fingerprint density at radius 3 is 2.35 bits per heavy atom. The molecule has 20 heavy (non-hydrogen) atoms. The molecule has 0 spiro atoms. The molecule has 0 unspecified atom stereocenters. The fourth-order valence-corrected chi connectivity index (χ4v) is 1.72. The number of nitrogens with one attached hydrogen (secondary N) is 1. The van der Waals surface area contributed by atoms with E-state index < -0.39 is 11.7 Å². The first-order chi connectivity index (χ1) is 9.34. The van der Waals surface area contributed by atoms with Crippen LogP contribution in [0.25, 0.3) is 0 Å². The van der Waals surface area contributed by atoms with Crippen molar-refractivity contribution >= 4 is 23.4 Å². The molecular formula is C12H10ClF3N4. The van der Waals surface area contributed by atoms with Crippen LogP contribution in [0.15, 0.2) is 30.3 Å². The summed E-state index contributed by atoms with van der Waals surface area (Å²) >= 11 is 5.71. The first-order valence-electron chi connectivity index (χ1n) is 5.54. The molecular weight excluding hydrogens is 293 g/mol. The maximum atomic E-state index is 12.4. The Morgan fingerprint density at radius 2 is 1.80 bits per heavy atom. The standard InChI is InChI=1S/C12H10ClF3N4/c13-9-5-10(20-11(17)19-9)18-6-7-1-3-8(4-2-7)12(14,15)16/h1-5H,6H2,(H3,17,18,19,20). The van der Waals surface area contributed by atoms with E-state index in [1.807, 2.05) is 0 Å². The molecule has 0 aliphatic rings. The molecule has 106 valence electrons. The molecule has 0 bridgehead atoms. The van der Waals surface area contributed by atoms with Crippen LogP contribution in [0, 0.1) is 0 Å². The first-order valence-corrected chi connectivity index (χ1v) is 5.92. The maximum absolute atomic E-state index is 12.4. The third kappa shape index (κ3) is 3.74. The number of benzene rings is 1. The van der Waals surface area contributed by atoms with Crippen molar-refractivity contribution in [3.05, 3.63) is 46.6 Å². The van der Waals surface area contributed by atoms with E-state index in [2.05, 4.69) is 15.3 Å². The smallest absolute Gasteiger partial charge is 0.368 e. The minimum Gasteiger partial charge on any atom is -0.368 e. The van der Waals surface area contributed by atoms with E-state index in [9.17, 15) is 13.2 Å². The molecule has 0 amide bonds. The van der Waals surface area contributed by atoms with Crippen molar-refractivity contribution in [3.63, 3.8) is 0 Å². The molecule has 0 radical (unpaired) electrons. The van der Waals surface area contributed by atoms with Gasteiger partial charge < -0.3 is 11.1 Å². The Hall–Kier alpha value is -2.02. The summed E-state index contributed by atoms with van der Waals surface area (Å²) in [7, 11) is 0. The van der Waals surface area contributed by atoms with Crippen molar-refractivity contribution in [2.24, 2.45) is 0 Å². The van der Waals surface area contributed by atoms with Crippen LogP contribution < -0.4 is 11.1 Å². The monoisotopic (exact) mass is 302 g/mol. The molecule has 2 aromatic rings. The van der Waals surface area contributed by atoms with Gasteiger partial charge >= 0.3 is 6.18 Å². The molecule has 1 heterocycles. The third-order valence-electron chi connectivity index (χ3n) is 2.47. The van der Waals surface area contributed by atoms with Crippen molar-refractivity contribution in [2.75, 3.05) is 11.1 Å². The summed E-state index contributed by atoms with van der Waals surface area (Å²) < 4.78 is 37.2. The van der Waals surface area contributed by atoms with E-state index in [0.29, 0.717) is 17.9 Å². The average Bonchev–Trinajstić information content (AvgIpc) is 2.35. The Balaban J connectivity index is 2.04. The number of alkyl halides is 3. The second-order valence-electron chi connectivity index (χ2n) is 3.98. The van der Waals surface area contributed by atoms with Gasteiger partial charge in [0.15, 0.2) is 0 Å². The topological polar surface area (TPSA) is 63.8 Å². The van der Waals surface area contributed by atoms with E-state index in [1.54, 1.807) is 0 Å². The third-order valence-corrected chi connectivity index (χ3v) is 2.66. The van der Waals surface area contributed by atoms with Gasteiger partial charge in [-0.05, 0) is 17.7 Å². The summed E-state index contributed by atoms with van der Waals surface area (Å²) in [6.45, 7) is 0.297. The van der Waals surface area contributed by atoms with Gasteiger partial charge in [0, 0.05) is 12.6 Å². The molecule has 1 aromatic carbocycles. The van der Waals surface area contributed by atoms with Gasteiger partial charge in [-0.15, -0.1) is 0 Å². The van der Waals surface area contributed by atoms with E-state index in [0.717, 1.165) is 12.1 Å². The van der Waals surface area contributed by atoms with Gasteiger partial charge in [-0.25, -0.2) is 4.98 Å². The molecule has 8 heteroatoms. The number of hydrogen-bond donors (Lipinski definition) is 2. The van der Waals surface area contributed by atoms with Crippen LogP contribution in [-0.2, 0) is 12.7 Å². The average molecular weight is 303 g/mol. The molecule has 0 aliphatic heterocycles. The van der Waals surface area contributed by atoms with Gasteiger partial charge in [-0.3, -0.25) is 0 Å². The van der Waals surface area contributed by atoms with Crippen molar-refractivity contribution in [2.45, 2.75) is 12.7 Å². The lowest BCUT2D eigenvalue weighted by atomic mass is 10.1. The van der Waals surface area contributed by atoms with Crippen molar-refractivity contribution < 1.29 is 13.2 Å². The van der Waals surface area contributed by atoms with Crippen LogP contribution in [0.1, 0.15) is 11.1 Å². The van der Waals surface area contributed by atoms with Crippen LogP contribution >= 0.6 is 11.6 Å². The summed E-state index contributed by atoms with van der Waals surface area (Å²) in [5, 5.41) is 3.09. The molecule has 0 saturated heterocycles. The Morgan fingerprint density at radius 1 is 1.15 bits per heavy atom. The lowest BCUT2D eigenvalue weighted by Gasteiger charge is -2.09. The zero-order valence-corrected chi connectivity index (χ0v) is 10.8. The molecule has 0 aliphatic carbocycles. The molecule has 1 aromatic heterocycles. The molecule has 0 fully saturated rings. The van der Waals surface area contributed by atoms with E-state index in [4.69, 9.17) is 17.3 Å². The Kier molecular flexibility index (Phi) is 3.99. The molecule has 2 rings (SSSR count). The number of nitrogens with two attached hydrogens (primary N) is 1. The highest BCUT2D eigenvalue weighted by Gasteiger charge is 2.29. The Bertz CT molecular complexity index is 578. The summed E-state index contributed by atoms with van der Waals surface area (Å²) in [6, 6.07) is 6.31. The second kappa shape index (κ2) is 5.54. The molecule has 3 N–H and O–H groups in total. The van der Waals surface area contributed by atoms with E-state index in [1.165, 1.54) is 18.2 Å². The number of anilines is 2. The molecule has 4 nitrogen and oxygen atoms in total. The van der Waals surface area contributed by atoms with E-state index in [-0.39, 0.29) is 11.1 Å². The van der Waals surface area contributed by atoms with Crippen LogP contribution in [0.5, 0.6) is 0 Å². The predicted molar refractivity (Wildman–Crippen MR) is 70.2 cm³/mol. The highest BCUT2D eigenvalue weighted by molar-refractivity contribution is 6.29. The quantitative estimate of drug-likeness (QED) is 0.854. The summed E-state index contributed by atoms with van der Waals surface area (Å²) in [5.41, 5.74) is 5.41. The number of nitrogen functional groups attached to an aromatic ring is 1. The second-order valence-corrected chi connectivity index (χ2v) is 4.37. The largest absolute Gasteiger partial charge is 0.416 e. The van der Waals surface area contributed by atoms with Gasteiger partial charge in [0.05, 0.1) is 5.56 Å². The number of rotatable bonds is 3. The predicted octanol–water partition coefficient (Wildman–Crippen LogP) is 3.34. The first kappa shape index (κ1) is 14.4. The minimum atomic E-state index is -4.33. The van der Waals surface area contributed by atoms with Crippen molar-refractivity contribution in [3.8, 4) is 0 Å². The molecule has 0 atom stereocenters. The fraction of sp³-hybridized carbons (Fsp3) is 0.167. The van der Waals surface area contributed by atoms with Gasteiger partial charge in [-0.1, -0.05) is 23.7 Å². The van der Waals surface area contributed by atoms with Gasteiger partial charge in [0.25, 0.3) is 0 Å². The summed E-state index contributed by atoms with van der Waals surface area (Å²) in [6.07, 6.45) is -4.33. The highest BCUT2D eigenvalue weighted by atomic mass is 35.5. The number of halogens is 4. The van der Waals surface area contributed by atoms with Crippen molar-refractivity contribution in [1.29, 1.82) is 0 Å². The zero-order valence-electron chi connectivity index (χ0n) is 10.1. The van der Waals surface area contributed by atoms with Gasteiger partial charge in [0.1, 0.15) is 11.0 Å². The number of nitrogens with zero attached hydrogens (tertiary/aromatic N) is 2. The number of hydrogen-bond acceptors (Lipinski definition) is 4. The van der Waals surface area contributed by atoms with Crippen LogP contribution in [0.2, 0.25) is 5.15 Å². The van der Waals surface area contributed by atoms with Crippen LogP contribution in [-0.4, -0.2) is 9.97 Å². The normalized spacial score (nSPS) is 11.4. The minimum absolute atomic E-state index is 0.0208. The fourth-order valence-electron chi connectivity index (χ4n) is 1.53. The lowest BCUT2D eigenvalue weighted by Crippen LogP contribution is -2.06. The Labute approximate surface area is 117 Å². The van der Waals surface area contributed by atoms with Crippen molar-refractivity contribution in [1.82, 2.24) is 9.97 Å². The van der Waals surface area contributed by atoms with Gasteiger partial charge in [-0.2, -0.15) is 18.2 Å². The number of aromatic nitrogens is 2. The highest BCUT2D eigenvalue weighted by Crippen LogP contribution is 2.29.